The van der Waals surface area contributed by atoms with Crippen LogP contribution in [-0.2, 0) is 4.79 Å². The lowest BCUT2D eigenvalue weighted by Crippen LogP contribution is -2.16. The zero-order chi connectivity index (χ0) is 10.7. The van der Waals surface area contributed by atoms with E-state index in [9.17, 15) is 9.90 Å². The van der Waals surface area contributed by atoms with Crippen molar-refractivity contribution in [3.05, 3.63) is 23.8 Å². The topological polar surface area (TPSA) is 72.5 Å². The zero-order valence-corrected chi connectivity index (χ0v) is 8.28. The van der Waals surface area contributed by atoms with E-state index >= 15 is 0 Å². The monoisotopic (exact) mass is 215 g/mol. The van der Waals surface area contributed by atoms with Gasteiger partial charge in [0.1, 0.15) is 5.38 Å². The highest BCUT2D eigenvalue weighted by Crippen LogP contribution is 2.30. The van der Waals surface area contributed by atoms with E-state index < -0.39 is 11.3 Å². The molecule has 0 spiro atoms. The molecule has 0 radical (unpaired) electrons. The van der Waals surface area contributed by atoms with Gasteiger partial charge in [-0.1, -0.05) is 6.07 Å². The molecule has 0 bridgehead atoms. The predicted octanol–water partition coefficient (Wildman–Crippen LogP) is 1.17. The molecule has 1 atom stereocenters. The molecule has 1 rings (SSSR count). The van der Waals surface area contributed by atoms with Crippen molar-refractivity contribution in [2.24, 2.45) is 5.73 Å². The average molecular weight is 216 g/mol. The number of aromatic hydroxyl groups is 1. The summed E-state index contributed by atoms with van der Waals surface area (Å²) in [6, 6.07) is 4.38. The third-order valence-electron chi connectivity index (χ3n) is 1.75. The van der Waals surface area contributed by atoms with Crippen LogP contribution in [0.5, 0.6) is 11.5 Å². The van der Waals surface area contributed by atoms with E-state index in [0.717, 1.165) is 0 Å². The van der Waals surface area contributed by atoms with Crippen molar-refractivity contribution >= 4 is 17.5 Å². The standard InChI is InChI=1S/C9H10ClNO3/c1-14-7-4-5(2-3-6(7)12)8(10)9(11)13/h2-4,8,12H,1H3,(H2,11,13). The summed E-state index contributed by atoms with van der Waals surface area (Å²) in [6.07, 6.45) is 0. The van der Waals surface area contributed by atoms with Gasteiger partial charge in [0.2, 0.25) is 5.91 Å². The van der Waals surface area contributed by atoms with E-state index in [1.807, 2.05) is 0 Å². The van der Waals surface area contributed by atoms with Crippen molar-refractivity contribution in [1.82, 2.24) is 0 Å². The van der Waals surface area contributed by atoms with Gasteiger partial charge in [-0.15, -0.1) is 11.6 Å². The molecule has 1 aromatic rings. The van der Waals surface area contributed by atoms with E-state index in [4.69, 9.17) is 22.1 Å². The van der Waals surface area contributed by atoms with Crippen LogP contribution in [0.15, 0.2) is 18.2 Å². The van der Waals surface area contributed by atoms with E-state index in [0.29, 0.717) is 5.56 Å². The molecule has 0 aliphatic carbocycles. The molecule has 1 amide bonds. The summed E-state index contributed by atoms with van der Waals surface area (Å²) in [4.78, 5) is 10.8. The Morgan fingerprint density at radius 1 is 1.64 bits per heavy atom. The lowest BCUT2D eigenvalue weighted by atomic mass is 10.1. The summed E-state index contributed by atoms with van der Waals surface area (Å²) in [7, 11) is 1.41. The van der Waals surface area contributed by atoms with Crippen molar-refractivity contribution in [1.29, 1.82) is 0 Å². The summed E-state index contributed by atoms with van der Waals surface area (Å²) < 4.78 is 4.85. The Bertz CT molecular complexity index is 354. The Labute approximate surface area is 86.2 Å². The number of benzene rings is 1. The normalized spacial score (nSPS) is 12.1. The largest absolute Gasteiger partial charge is 0.504 e. The number of hydrogen-bond acceptors (Lipinski definition) is 3. The Morgan fingerprint density at radius 3 is 2.79 bits per heavy atom. The molecule has 0 aromatic heterocycles. The number of methoxy groups -OCH3 is 1. The van der Waals surface area contributed by atoms with Crippen LogP contribution in [0.1, 0.15) is 10.9 Å². The third kappa shape index (κ3) is 2.09. The fraction of sp³-hybridized carbons (Fsp3) is 0.222. The van der Waals surface area contributed by atoms with Crippen LogP contribution < -0.4 is 10.5 Å². The molecule has 0 fully saturated rings. The van der Waals surface area contributed by atoms with Crippen molar-refractivity contribution in [2.75, 3.05) is 7.11 Å². The number of halogens is 1. The molecule has 76 valence electrons. The lowest BCUT2D eigenvalue weighted by Gasteiger charge is -2.08. The molecule has 14 heavy (non-hydrogen) atoms. The van der Waals surface area contributed by atoms with E-state index in [1.54, 1.807) is 0 Å². The molecular weight excluding hydrogens is 206 g/mol. The van der Waals surface area contributed by atoms with Gasteiger partial charge in [-0.25, -0.2) is 0 Å². The summed E-state index contributed by atoms with van der Waals surface area (Å²) in [5, 5.41) is 8.36. The second-order valence-corrected chi connectivity index (χ2v) is 3.13. The quantitative estimate of drug-likeness (QED) is 0.744. The van der Waals surface area contributed by atoms with Gasteiger partial charge in [0.05, 0.1) is 7.11 Å². The minimum Gasteiger partial charge on any atom is -0.504 e. The highest BCUT2D eigenvalue weighted by atomic mass is 35.5. The average Bonchev–Trinajstić information content (AvgIpc) is 2.17. The van der Waals surface area contributed by atoms with Crippen LogP contribution in [0.25, 0.3) is 0 Å². The van der Waals surface area contributed by atoms with Gasteiger partial charge < -0.3 is 15.6 Å². The molecule has 1 unspecified atom stereocenters. The zero-order valence-electron chi connectivity index (χ0n) is 7.53. The molecule has 0 saturated heterocycles. The van der Waals surface area contributed by atoms with Crippen molar-refractivity contribution in [2.45, 2.75) is 5.38 Å². The molecule has 0 heterocycles. The van der Waals surface area contributed by atoms with E-state index in [1.165, 1.54) is 25.3 Å². The molecule has 3 N–H and O–H groups in total. The molecule has 0 aliphatic rings. The second-order valence-electron chi connectivity index (χ2n) is 2.70. The predicted molar refractivity (Wildman–Crippen MR) is 52.4 cm³/mol. The van der Waals surface area contributed by atoms with Gasteiger partial charge in [0.25, 0.3) is 0 Å². The Kier molecular flexibility index (Phi) is 3.19. The van der Waals surface area contributed by atoms with Crippen LogP contribution in [0, 0.1) is 0 Å². The van der Waals surface area contributed by atoms with E-state index in [2.05, 4.69) is 0 Å². The van der Waals surface area contributed by atoms with Crippen molar-refractivity contribution in [3.8, 4) is 11.5 Å². The first-order chi connectivity index (χ1) is 6.56. The number of alkyl halides is 1. The van der Waals surface area contributed by atoms with Crippen molar-refractivity contribution < 1.29 is 14.6 Å². The van der Waals surface area contributed by atoms with Gasteiger partial charge in [-0.2, -0.15) is 0 Å². The van der Waals surface area contributed by atoms with Gasteiger partial charge in [0.15, 0.2) is 11.5 Å². The van der Waals surface area contributed by atoms with Crippen LogP contribution >= 0.6 is 11.6 Å². The number of carbonyl (C=O) groups excluding carboxylic acids is 1. The number of amides is 1. The minimum atomic E-state index is -0.912. The van der Waals surface area contributed by atoms with Gasteiger partial charge in [0, 0.05) is 0 Å². The number of rotatable bonds is 3. The minimum absolute atomic E-state index is 0.00964. The Morgan fingerprint density at radius 2 is 2.29 bits per heavy atom. The molecule has 5 heteroatoms. The lowest BCUT2D eigenvalue weighted by molar-refractivity contribution is -0.117. The van der Waals surface area contributed by atoms with Crippen LogP contribution in [0.4, 0.5) is 0 Å². The number of primary amides is 1. The number of phenols is 1. The van der Waals surface area contributed by atoms with Gasteiger partial charge in [-0.3, -0.25) is 4.79 Å². The van der Waals surface area contributed by atoms with Crippen molar-refractivity contribution in [3.63, 3.8) is 0 Å². The van der Waals surface area contributed by atoms with E-state index in [-0.39, 0.29) is 11.5 Å². The molecule has 0 saturated carbocycles. The maximum absolute atomic E-state index is 10.8. The first-order valence-corrected chi connectivity index (χ1v) is 4.30. The van der Waals surface area contributed by atoms with Crippen LogP contribution in [-0.4, -0.2) is 18.1 Å². The van der Waals surface area contributed by atoms with Crippen LogP contribution in [0.3, 0.4) is 0 Å². The third-order valence-corrected chi connectivity index (χ3v) is 2.21. The number of hydrogen-bond donors (Lipinski definition) is 2. The van der Waals surface area contributed by atoms with Gasteiger partial charge in [-0.05, 0) is 17.7 Å². The highest BCUT2D eigenvalue weighted by molar-refractivity contribution is 6.30. The number of nitrogens with two attached hydrogens (primary N) is 1. The fourth-order valence-corrected chi connectivity index (χ4v) is 1.15. The Balaban J connectivity index is 3.06. The SMILES string of the molecule is COc1cc(C(Cl)C(N)=O)ccc1O. The molecular formula is C9H10ClNO3. The molecule has 0 aliphatic heterocycles. The summed E-state index contributed by atoms with van der Waals surface area (Å²) in [5.74, 6) is -0.390. The maximum Gasteiger partial charge on any atom is 0.240 e. The van der Waals surface area contributed by atoms with Crippen LogP contribution in [0.2, 0.25) is 0 Å². The molecule has 1 aromatic carbocycles. The summed E-state index contributed by atoms with van der Waals surface area (Å²) in [5.41, 5.74) is 5.52. The summed E-state index contributed by atoms with van der Waals surface area (Å²) in [6.45, 7) is 0. The smallest absolute Gasteiger partial charge is 0.240 e. The first kappa shape index (κ1) is 10.7. The maximum atomic E-state index is 10.8. The fourth-order valence-electron chi connectivity index (χ4n) is 1.02. The number of phenolic OH excluding ortho intramolecular Hbond substituents is 1. The highest BCUT2D eigenvalue weighted by Gasteiger charge is 2.15. The second kappa shape index (κ2) is 4.19. The van der Waals surface area contributed by atoms with Gasteiger partial charge >= 0.3 is 0 Å². The number of carbonyl (C=O) groups is 1. The first-order valence-electron chi connectivity index (χ1n) is 3.86. The number of ether oxygens (including phenoxy) is 1. The summed E-state index contributed by atoms with van der Waals surface area (Å²) >= 11 is 5.71. The Hall–Kier alpha value is -1.42. The molecule has 4 nitrogen and oxygen atoms in total.